The van der Waals surface area contributed by atoms with E-state index in [4.69, 9.17) is 0 Å². The highest BCUT2D eigenvalue weighted by Crippen LogP contribution is 2.18. The molecular weight excluding hydrogens is 222 g/mol. The zero-order valence-electron chi connectivity index (χ0n) is 12.3. The molecule has 0 bridgehead atoms. The van der Waals surface area contributed by atoms with Crippen molar-refractivity contribution in [3.8, 4) is 6.07 Å². The normalized spacial score (nSPS) is 24.4. The van der Waals surface area contributed by atoms with Gasteiger partial charge in [-0.05, 0) is 65.6 Å². The van der Waals surface area contributed by atoms with Gasteiger partial charge in [-0.2, -0.15) is 5.26 Å². The molecule has 1 saturated heterocycles. The first-order chi connectivity index (χ1) is 8.61. The summed E-state index contributed by atoms with van der Waals surface area (Å²) in [4.78, 5) is 2.58. The zero-order chi connectivity index (χ0) is 13.4. The van der Waals surface area contributed by atoms with Crippen molar-refractivity contribution in [3.63, 3.8) is 0 Å². The number of likely N-dealkylation sites (tertiary alicyclic amines) is 1. The minimum atomic E-state index is -0.338. The molecular formula is C15H29N3. The maximum Gasteiger partial charge on any atom is 0.103 e. The van der Waals surface area contributed by atoms with Crippen molar-refractivity contribution < 1.29 is 0 Å². The zero-order valence-corrected chi connectivity index (χ0v) is 12.3. The maximum absolute atomic E-state index is 9.27. The third-order valence-electron chi connectivity index (χ3n) is 4.07. The Morgan fingerprint density at radius 2 is 2.22 bits per heavy atom. The lowest BCUT2D eigenvalue weighted by atomic mass is 9.96. The van der Waals surface area contributed by atoms with Gasteiger partial charge in [0.15, 0.2) is 0 Å². The SMILES string of the molecule is CCCNC(C)(C#N)CCCN1CCCCC1C. The lowest BCUT2D eigenvalue weighted by Crippen LogP contribution is -2.43. The molecule has 0 spiro atoms. The number of nitriles is 1. The van der Waals surface area contributed by atoms with E-state index in [0.717, 1.165) is 38.4 Å². The minimum Gasteiger partial charge on any atom is -0.301 e. The Morgan fingerprint density at radius 1 is 1.44 bits per heavy atom. The molecule has 1 aliphatic rings. The van der Waals surface area contributed by atoms with Crippen molar-refractivity contribution in [1.29, 1.82) is 5.26 Å². The summed E-state index contributed by atoms with van der Waals surface area (Å²) in [6.07, 6.45) is 7.21. The number of hydrogen-bond donors (Lipinski definition) is 1. The van der Waals surface area contributed by atoms with Gasteiger partial charge in [0.2, 0.25) is 0 Å². The molecule has 18 heavy (non-hydrogen) atoms. The third kappa shape index (κ3) is 4.96. The van der Waals surface area contributed by atoms with Crippen LogP contribution in [0.25, 0.3) is 0 Å². The van der Waals surface area contributed by atoms with E-state index in [1.807, 2.05) is 6.92 Å². The third-order valence-corrected chi connectivity index (χ3v) is 4.07. The summed E-state index contributed by atoms with van der Waals surface area (Å²) in [6.45, 7) is 9.82. The van der Waals surface area contributed by atoms with Crippen LogP contribution in [-0.2, 0) is 0 Å². The standard InChI is InChI=1S/C15H29N3/c1-4-10-17-15(3,13-16)9-7-12-18-11-6-5-8-14(18)2/h14,17H,4-12H2,1-3H3. The van der Waals surface area contributed by atoms with Gasteiger partial charge in [-0.3, -0.25) is 5.32 Å². The fourth-order valence-electron chi connectivity index (χ4n) is 2.71. The quantitative estimate of drug-likeness (QED) is 0.756. The number of piperidine rings is 1. The number of hydrogen-bond acceptors (Lipinski definition) is 3. The Labute approximate surface area is 113 Å². The second kappa shape index (κ2) is 7.76. The van der Waals surface area contributed by atoms with Gasteiger partial charge in [-0.25, -0.2) is 0 Å². The van der Waals surface area contributed by atoms with Crippen molar-refractivity contribution in [2.45, 2.75) is 70.9 Å². The molecule has 3 heteroatoms. The van der Waals surface area contributed by atoms with Gasteiger partial charge in [-0.15, -0.1) is 0 Å². The van der Waals surface area contributed by atoms with Crippen LogP contribution in [-0.4, -0.2) is 36.1 Å². The lowest BCUT2D eigenvalue weighted by molar-refractivity contribution is 0.154. The first-order valence-electron chi connectivity index (χ1n) is 7.51. The summed E-state index contributed by atoms with van der Waals surface area (Å²) < 4.78 is 0. The van der Waals surface area contributed by atoms with Gasteiger partial charge in [-0.1, -0.05) is 13.3 Å². The monoisotopic (exact) mass is 251 g/mol. The van der Waals surface area contributed by atoms with E-state index in [1.54, 1.807) is 0 Å². The van der Waals surface area contributed by atoms with E-state index < -0.39 is 0 Å². The van der Waals surface area contributed by atoms with Crippen LogP contribution in [0.5, 0.6) is 0 Å². The molecule has 104 valence electrons. The molecule has 0 aromatic rings. The van der Waals surface area contributed by atoms with Gasteiger partial charge in [0.25, 0.3) is 0 Å². The van der Waals surface area contributed by atoms with Crippen LogP contribution in [0, 0.1) is 11.3 Å². The molecule has 1 N–H and O–H groups in total. The van der Waals surface area contributed by atoms with Crippen molar-refractivity contribution in [1.82, 2.24) is 10.2 Å². The predicted molar refractivity (Wildman–Crippen MR) is 76.4 cm³/mol. The smallest absolute Gasteiger partial charge is 0.103 e. The molecule has 0 aromatic heterocycles. The molecule has 2 atom stereocenters. The molecule has 0 saturated carbocycles. The van der Waals surface area contributed by atoms with Crippen molar-refractivity contribution in [2.24, 2.45) is 0 Å². The summed E-state index contributed by atoms with van der Waals surface area (Å²) in [5.74, 6) is 0. The van der Waals surface area contributed by atoms with Crippen LogP contribution in [0.4, 0.5) is 0 Å². The van der Waals surface area contributed by atoms with Gasteiger partial charge in [0.1, 0.15) is 5.54 Å². The molecule has 3 nitrogen and oxygen atoms in total. The highest BCUT2D eigenvalue weighted by atomic mass is 15.2. The van der Waals surface area contributed by atoms with Crippen LogP contribution >= 0.6 is 0 Å². The first-order valence-corrected chi connectivity index (χ1v) is 7.51. The van der Waals surface area contributed by atoms with E-state index in [-0.39, 0.29) is 5.54 Å². The molecule has 1 rings (SSSR count). The Bertz CT molecular complexity index is 271. The van der Waals surface area contributed by atoms with Crippen LogP contribution in [0.2, 0.25) is 0 Å². The van der Waals surface area contributed by atoms with Crippen molar-refractivity contribution in [2.75, 3.05) is 19.6 Å². The Balaban J connectivity index is 2.28. The summed E-state index contributed by atoms with van der Waals surface area (Å²) in [5.41, 5.74) is -0.338. The van der Waals surface area contributed by atoms with E-state index in [9.17, 15) is 5.26 Å². The minimum absolute atomic E-state index is 0.338. The molecule has 0 amide bonds. The van der Waals surface area contributed by atoms with Crippen molar-refractivity contribution >= 4 is 0 Å². The summed E-state index contributed by atoms with van der Waals surface area (Å²) in [5, 5.41) is 12.6. The molecule has 1 aliphatic heterocycles. The van der Waals surface area contributed by atoms with Gasteiger partial charge in [0, 0.05) is 6.04 Å². The summed E-state index contributed by atoms with van der Waals surface area (Å²) in [6, 6.07) is 3.16. The average Bonchev–Trinajstić information content (AvgIpc) is 2.39. The highest BCUT2D eigenvalue weighted by Gasteiger charge is 2.23. The molecule has 1 heterocycles. The number of rotatable bonds is 7. The second-order valence-corrected chi connectivity index (χ2v) is 5.86. The summed E-state index contributed by atoms with van der Waals surface area (Å²) in [7, 11) is 0. The summed E-state index contributed by atoms with van der Waals surface area (Å²) >= 11 is 0. The van der Waals surface area contributed by atoms with Crippen molar-refractivity contribution in [3.05, 3.63) is 0 Å². The highest BCUT2D eigenvalue weighted by molar-refractivity contribution is 5.03. The van der Waals surface area contributed by atoms with Crippen LogP contribution < -0.4 is 5.32 Å². The van der Waals surface area contributed by atoms with Gasteiger partial charge in [0.05, 0.1) is 6.07 Å². The van der Waals surface area contributed by atoms with E-state index in [1.165, 1.54) is 25.8 Å². The maximum atomic E-state index is 9.27. The van der Waals surface area contributed by atoms with Crippen LogP contribution in [0.15, 0.2) is 0 Å². The van der Waals surface area contributed by atoms with Gasteiger partial charge >= 0.3 is 0 Å². The number of nitrogens with zero attached hydrogens (tertiary/aromatic N) is 2. The molecule has 2 unspecified atom stereocenters. The fourth-order valence-corrected chi connectivity index (χ4v) is 2.71. The van der Waals surface area contributed by atoms with E-state index >= 15 is 0 Å². The molecule has 1 fully saturated rings. The lowest BCUT2D eigenvalue weighted by Gasteiger charge is -2.34. The Kier molecular flexibility index (Phi) is 6.67. The average molecular weight is 251 g/mol. The van der Waals surface area contributed by atoms with Crippen LogP contribution in [0.1, 0.15) is 59.3 Å². The molecule has 0 aromatic carbocycles. The first kappa shape index (κ1) is 15.5. The van der Waals surface area contributed by atoms with E-state index in [2.05, 4.69) is 30.1 Å². The Morgan fingerprint density at radius 3 is 2.83 bits per heavy atom. The fraction of sp³-hybridized carbons (Fsp3) is 0.933. The van der Waals surface area contributed by atoms with E-state index in [0.29, 0.717) is 0 Å². The van der Waals surface area contributed by atoms with Gasteiger partial charge < -0.3 is 4.90 Å². The molecule has 0 radical (unpaired) electrons. The number of nitrogens with one attached hydrogen (secondary N) is 1. The Hall–Kier alpha value is -0.590. The molecule has 0 aliphatic carbocycles. The largest absolute Gasteiger partial charge is 0.301 e. The second-order valence-electron chi connectivity index (χ2n) is 5.86. The van der Waals surface area contributed by atoms with Crippen LogP contribution in [0.3, 0.4) is 0 Å². The predicted octanol–water partition coefficient (Wildman–Crippen LogP) is 2.92. The topological polar surface area (TPSA) is 39.1 Å².